The zero-order valence-electron chi connectivity index (χ0n) is 12.9. The molecular formula is C16H12F5N3O. The molecule has 0 fully saturated rings. The molecule has 0 saturated heterocycles. The van der Waals surface area contributed by atoms with Gasteiger partial charge in [-0.3, -0.25) is 4.98 Å². The van der Waals surface area contributed by atoms with E-state index in [0.29, 0.717) is 15.9 Å². The zero-order valence-corrected chi connectivity index (χ0v) is 12.9. The summed E-state index contributed by atoms with van der Waals surface area (Å²) in [6.07, 6.45) is -6.55. The molecule has 0 saturated carbocycles. The molecule has 132 valence electrons. The predicted molar refractivity (Wildman–Crippen MR) is 80.5 cm³/mol. The number of aromatic nitrogens is 3. The highest BCUT2D eigenvalue weighted by molar-refractivity contribution is 5.90. The second-order valence-corrected chi connectivity index (χ2v) is 5.19. The molecule has 3 rings (SSSR count). The molecule has 0 radical (unpaired) electrons. The molecule has 2 heterocycles. The molecule has 3 aromatic rings. The van der Waals surface area contributed by atoms with E-state index in [1.54, 1.807) is 24.3 Å². The Morgan fingerprint density at radius 2 is 1.96 bits per heavy atom. The van der Waals surface area contributed by atoms with E-state index in [4.69, 9.17) is 4.74 Å². The molecule has 0 bridgehead atoms. The summed E-state index contributed by atoms with van der Waals surface area (Å²) in [7, 11) is 1.45. The normalized spacial score (nSPS) is 12.1. The number of fused-ring (bicyclic) bond motifs is 1. The number of ether oxygens (including phenoxy) is 1. The van der Waals surface area contributed by atoms with Gasteiger partial charge in [-0.25, -0.2) is 13.8 Å². The summed E-state index contributed by atoms with van der Waals surface area (Å²) in [5.41, 5.74) is 0.486. The van der Waals surface area contributed by atoms with Crippen molar-refractivity contribution in [3.8, 4) is 17.0 Å². The summed E-state index contributed by atoms with van der Waals surface area (Å²) in [5, 5.41) is 0. The maximum atomic E-state index is 13.2. The number of nitrogens with zero attached hydrogens (tertiary/aromatic N) is 3. The van der Waals surface area contributed by atoms with Crippen LogP contribution in [-0.2, 0) is 12.7 Å². The topological polar surface area (TPSA) is 39.9 Å². The largest absolute Gasteiger partial charge is 0.497 e. The predicted octanol–water partition coefficient (Wildman–Crippen LogP) is 4.39. The van der Waals surface area contributed by atoms with Crippen molar-refractivity contribution >= 4 is 11.0 Å². The molecule has 0 N–H and O–H groups in total. The van der Waals surface area contributed by atoms with Crippen LogP contribution < -0.4 is 4.74 Å². The molecule has 0 aliphatic heterocycles. The fourth-order valence-electron chi connectivity index (χ4n) is 2.57. The number of methoxy groups -OCH3 is 1. The van der Waals surface area contributed by atoms with Gasteiger partial charge in [0.1, 0.15) is 11.3 Å². The standard InChI is InChI=1S/C16H12F5N3O/c1-25-10-4-2-3-9(7-10)13-14-11(5-6-22-13)24(8-12(17)18)15(23-14)16(19,20)21/h2-7,12H,8H2,1H3. The fourth-order valence-corrected chi connectivity index (χ4v) is 2.57. The van der Waals surface area contributed by atoms with Crippen molar-refractivity contribution in [2.45, 2.75) is 19.1 Å². The van der Waals surface area contributed by atoms with E-state index in [1.807, 2.05) is 0 Å². The third-order valence-corrected chi connectivity index (χ3v) is 3.58. The first-order valence-electron chi connectivity index (χ1n) is 7.16. The Kier molecular flexibility index (Phi) is 4.32. The smallest absolute Gasteiger partial charge is 0.449 e. The van der Waals surface area contributed by atoms with Crippen LogP contribution in [0.25, 0.3) is 22.3 Å². The Labute approximate surface area is 138 Å². The van der Waals surface area contributed by atoms with Gasteiger partial charge in [-0.2, -0.15) is 13.2 Å². The SMILES string of the molecule is COc1cccc(-c2nccc3c2nc(C(F)(F)F)n3CC(F)F)c1. The number of alkyl halides is 5. The van der Waals surface area contributed by atoms with Crippen LogP contribution in [0, 0.1) is 0 Å². The van der Waals surface area contributed by atoms with E-state index in [1.165, 1.54) is 19.4 Å². The number of benzene rings is 1. The van der Waals surface area contributed by atoms with Crippen molar-refractivity contribution in [1.29, 1.82) is 0 Å². The zero-order chi connectivity index (χ0) is 18.2. The van der Waals surface area contributed by atoms with Gasteiger partial charge in [-0.05, 0) is 18.2 Å². The average molecular weight is 357 g/mol. The second kappa shape index (κ2) is 6.30. The number of hydrogen-bond donors (Lipinski definition) is 0. The first kappa shape index (κ1) is 17.1. The van der Waals surface area contributed by atoms with E-state index in [-0.39, 0.29) is 16.7 Å². The Morgan fingerprint density at radius 1 is 1.20 bits per heavy atom. The van der Waals surface area contributed by atoms with E-state index in [0.717, 1.165) is 0 Å². The lowest BCUT2D eigenvalue weighted by Crippen LogP contribution is -2.17. The van der Waals surface area contributed by atoms with Crippen molar-refractivity contribution in [3.63, 3.8) is 0 Å². The molecular weight excluding hydrogens is 345 g/mol. The van der Waals surface area contributed by atoms with Crippen molar-refractivity contribution in [2.75, 3.05) is 7.11 Å². The van der Waals surface area contributed by atoms with Gasteiger partial charge in [-0.1, -0.05) is 12.1 Å². The highest BCUT2D eigenvalue weighted by Gasteiger charge is 2.38. The second-order valence-electron chi connectivity index (χ2n) is 5.19. The van der Waals surface area contributed by atoms with E-state index < -0.39 is 25.0 Å². The summed E-state index contributed by atoms with van der Waals surface area (Å²) in [6.45, 7) is -1.10. The van der Waals surface area contributed by atoms with Crippen molar-refractivity contribution in [3.05, 3.63) is 42.4 Å². The maximum absolute atomic E-state index is 13.2. The Balaban J connectivity index is 2.27. The number of halogens is 5. The Morgan fingerprint density at radius 3 is 2.60 bits per heavy atom. The number of rotatable bonds is 4. The molecule has 0 aliphatic rings. The molecule has 0 unspecified atom stereocenters. The maximum Gasteiger partial charge on any atom is 0.449 e. The molecule has 0 aliphatic carbocycles. The number of hydrogen-bond acceptors (Lipinski definition) is 3. The Bertz CT molecular complexity index is 904. The van der Waals surface area contributed by atoms with Crippen LogP contribution in [0.5, 0.6) is 5.75 Å². The van der Waals surface area contributed by atoms with Gasteiger partial charge >= 0.3 is 6.18 Å². The van der Waals surface area contributed by atoms with Crippen LogP contribution in [-0.4, -0.2) is 28.1 Å². The summed E-state index contributed by atoms with van der Waals surface area (Å²) < 4.78 is 70.8. The lowest BCUT2D eigenvalue weighted by Gasteiger charge is -2.10. The van der Waals surface area contributed by atoms with Crippen LogP contribution in [0.4, 0.5) is 22.0 Å². The van der Waals surface area contributed by atoms with Crippen LogP contribution >= 0.6 is 0 Å². The molecule has 25 heavy (non-hydrogen) atoms. The molecule has 0 amide bonds. The molecule has 9 heteroatoms. The van der Waals surface area contributed by atoms with Crippen LogP contribution in [0.1, 0.15) is 5.82 Å². The minimum Gasteiger partial charge on any atom is -0.497 e. The minimum absolute atomic E-state index is 0.0551. The summed E-state index contributed by atoms with van der Waals surface area (Å²) in [4.78, 5) is 7.65. The van der Waals surface area contributed by atoms with Gasteiger partial charge in [0.15, 0.2) is 0 Å². The van der Waals surface area contributed by atoms with Crippen LogP contribution in [0.2, 0.25) is 0 Å². The van der Waals surface area contributed by atoms with Gasteiger partial charge in [0.2, 0.25) is 5.82 Å². The molecule has 4 nitrogen and oxygen atoms in total. The minimum atomic E-state index is -4.86. The summed E-state index contributed by atoms with van der Waals surface area (Å²) >= 11 is 0. The van der Waals surface area contributed by atoms with Gasteiger partial charge in [0.25, 0.3) is 6.43 Å². The van der Waals surface area contributed by atoms with Crippen LogP contribution in [0.3, 0.4) is 0 Å². The molecule has 2 aromatic heterocycles. The van der Waals surface area contributed by atoms with Crippen molar-refractivity contribution in [2.24, 2.45) is 0 Å². The fraction of sp³-hybridized carbons (Fsp3) is 0.250. The van der Waals surface area contributed by atoms with Crippen molar-refractivity contribution < 1.29 is 26.7 Å². The van der Waals surface area contributed by atoms with E-state index >= 15 is 0 Å². The van der Waals surface area contributed by atoms with Gasteiger partial charge in [-0.15, -0.1) is 0 Å². The number of imidazole rings is 1. The molecule has 0 atom stereocenters. The van der Waals surface area contributed by atoms with E-state index in [9.17, 15) is 22.0 Å². The number of pyridine rings is 1. The highest BCUT2D eigenvalue weighted by Crippen LogP contribution is 2.35. The van der Waals surface area contributed by atoms with Crippen molar-refractivity contribution in [1.82, 2.24) is 14.5 Å². The van der Waals surface area contributed by atoms with Gasteiger partial charge in [0.05, 0.1) is 24.9 Å². The monoisotopic (exact) mass is 357 g/mol. The molecule has 1 aromatic carbocycles. The summed E-state index contributed by atoms with van der Waals surface area (Å²) in [5.74, 6) is -0.890. The molecule has 0 spiro atoms. The first-order valence-corrected chi connectivity index (χ1v) is 7.16. The Hall–Kier alpha value is -2.71. The van der Waals surface area contributed by atoms with Gasteiger partial charge < -0.3 is 9.30 Å². The van der Waals surface area contributed by atoms with Crippen LogP contribution in [0.15, 0.2) is 36.5 Å². The lowest BCUT2D eigenvalue weighted by molar-refractivity contribution is -0.147. The third kappa shape index (κ3) is 3.26. The first-order chi connectivity index (χ1) is 11.8. The van der Waals surface area contributed by atoms with E-state index in [2.05, 4.69) is 9.97 Å². The average Bonchev–Trinajstić information content (AvgIpc) is 2.93. The third-order valence-electron chi connectivity index (χ3n) is 3.58. The quantitative estimate of drug-likeness (QED) is 0.650. The lowest BCUT2D eigenvalue weighted by atomic mass is 10.1. The summed E-state index contributed by atoms with van der Waals surface area (Å²) in [6, 6.07) is 7.77. The highest BCUT2D eigenvalue weighted by atomic mass is 19.4. The van der Waals surface area contributed by atoms with Gasteiger partial charge in [0, 0.05) is 11.8 Å².